The molecule has 0 saturated carbocycles. The molecule has 0 aromatic heterocycles. The van der Waals surface area contributed by atoms with Gasteiger partial charge in [0.25, 0.3) is 15.9 Å². The van der Waals surface area contributed by atoms with E-state index in [0.29, 0.717) is 42.7 Å². The van der Waals surface area contributed by atoms with E-state index in [2.05, 4.69) is 4.72 Å². The number of ether oxygens (including phenoxy) is 1. The summed E-state index contributed by atoms with van der Waals surface area (Å²) in [4.78, 5) is 26.4. The number of hydrogen-bond acceptors (Lipinski definition) is 5. The molecular formula is C23H28N2O5S. The van der Waals surface area contributed by atoms with Crippen LogP contribution in [0.2, 0.25) is 0 Å². The molecule has 0 radical (unpaired) electrons. The fourth-order valence-corrected chi connectivity index (χ4v) is 5.03. The largest absolute Gasteiger partial charge is 0.469 e. The number of methoxy groups -OCH3 is 1. The van der Waals surface area contributed by atoms with Crippen LogP contribution in [0.3, 0.4) is 0 Å². The van der Waals surface area contributed by atoms with Crippen molar-refractivity contribution in [3.8, 4) is 0 Å². The van der Waals surface area contributed by atoms with Crippen LogP contribution in [0.15, 0.2) is 41.3 Å². The Kier molecular flexibility index (Phi) is 6.69. The summed E-state index contributed by atoms with van der Waals surface area (Å²) in [5.41, 5.74) is 3.39. The smallest absolute Gasteiger partial charge is 0.308 e. The molecule has 1 heterocycles. The normalized spacial score (nSPS) is 14.9. The molecule has 0 aliphatic carbocycles. The predicted octanol–water partition coefficient (Wildman–Crippen LogP) is 3.44. The summed E-state index contributed by atoms with van der Waals surface area (Å²) in [6.45, 7) is 6.43. The predicted molar refractivity (Wildman–Crippen MR) is 119 cm³/mol. The molecular weight excluding hydrogens is 416 g/mol. The number of hydrogen-bond donors (Lipinski definition) is 1. The highest BCUT2D eigenvalue weighted by atomic mass is 32.2. The number of amides is 1. The first kappa shape index (κ1) is 22.8. The number of carbonyl (C=O) groups excluding carboxylic acids is 2. The maximum Gasteiger partial charge on any atom is 0.308 e. The van der Waals surface area contributed by atoms with Gasteiger partial charge in [0, 0.05) is 24.3 Å². The highest BCUT2D eigenvalue weighted by molar-refractivity contribution is 7.92. The Hall–Kier alpha value is -2.87. The van der Waals surface area contributed by atoms with Gasteiger partial charge in [0.05, 0.1) is 17.9 Å². The molecule has 8 heteroatoms. The molecule has 1 aliphatic heterocycles. The van der Waals surface area contributed by atoms with Crippen molar-refractivity contribution in [2.24, 2.45) is 5.92 Å². The van der Waals surface area contributed by atoms with Gasteiger partial charge < -0.3 is 9.64 Å². The van der Waals surface area contributed by atoms with Crippen LogP contribution in [0.4, 0.5) is 5.69 Å². The number of sulfonamides is 1. The minimum absolute atomic E-state index is 0.0704. The van der Waals surface area contributed by atoms with Gasteiger partial charge in [-0.25, -0.2) is 8.42 Å². The van der Waals surface area contributed by atoms with Crippen LogP contribution in [-0.4, -0.2) is 45.4 Å². The van der Waals surface area contributed by atoms with Crippen molar-refractivity contribution in [1.82, 2.24) is 4.90 Å². The first-order chi connectivity index (χ1) is 14.6. The summed E-state index contributed by atoms with van der Waals surface area (Å²) < 4.78 is 33.5. The molecule has 1 N–H and O–H groups in total. The number of likely N-dealkylation sites (tertiary alicyclic amines) is 1. The molecule has 0 atom stereocenters. The van der Waals surface area contributed by atoms with Crippen molar-refractivity contribution < 1.29 is 22.7 Å². The second-order valence-corrected chi connectivity index (χ2v) is 9.63. The van der Waals surface area contributed by atoms with E-state index in [9.17, 15) is 18.0 Å². The van der Waals surface area contributed by atoms with Crippen molar-refractivity contribution in [2.75, 3.05) is 24.9 Å². The van der Waals surface area contributed by atoms with Crippen molar-refractivity contribution in [3.05, 3.63) is 58.7 Å². The fourth-order valence-electron chi connectivity index (χ4n) is 3.71. The first-order valence-corrected chi connectivity index (χ1v) is 11.7. The van der Waals surface area contributed by atoms with Crippen LogP contribution in [0, 0.1) is 26.7 Å². The Bertz CT molecular complexity index is 1100. The van der Waals surface area contributed by atoms with E-state index in [1.54, 1.807) is 36.1 Å². The van der Waals surface area contributed by atoms with Crippen LogP contribution in [0.1, 0.15) is 39.9 Å². The zero-order valence-electron chi connectivity index (χ0n) is 18.3. The van der Waals surface area contributed by atoms with Gasteiger partial charge in [-0.2, -0.15) is 0 Å². The SMILES string of the molecule is COC(=O)C1CCN(C(=O)c2ccc(C)c(S(=O)(=O)Nc3ccc(C)c(C)c3)c2)CC1. The lowest BCUT2D eigenvalue weighted by Crippen LogP contribution is -2.40. The van der Waals surface area contributed by atoms with Gasteiger partial charge in [0.1, 0.15) is 0 Å². The third kappa shape index (κ3) is 5.07. The van der Waals surface area contributed by atoms with E-state index in [1.807, 2.05) is 19.9 Å². The first-order valence-electron chi connectivity index (χ1n) is 10.2. The van der Waals surface area contributed by atoms with Crippen LogP contribution in [0.5, 0.6) is 0 Å². The number of anilines is 1. The molecule has 0 unspecified atom stereocenters. The molecule has 0 spiro atoms. The summed E-state index contributed by atoms with van der Waals surface area (Å²) in [5.74, 6) is -0.704. The quantitative estimate of drug-likeness (QED) is 0.713. The molecule has 3 rings (SSSR count). The van der Waals surface area contributed by atoms with E-state index in [0.717, 1.165) is 11.1 Å². The molecule has 2 aromatic rings. The molecule has 1 amide bonds. The summed E-state index contributed by atoms with van der Waals surface area (Å²) in [7, 11) is -2.50. The van der Waals surface area contributed by atoms with E-state index in [-0.39, 0.29) is 22.7 Å². The molecule has 1 fully saturated rings. The lowest BCUT2D eigenvalue weighted by Gasteiger charge is -2.30. The van der Waals surface area contributed by atoms with Gasteiger partial charge in [0.15, 0.2) is 0 Å². The average Bonchev–Trinajstić information content (AvgIpc) is 2.75. The number of benzene rings is 2. The van der Waals surface area contributed by atoms with E-state index < -0.39 is 10.0 Å². The van der Waals surface area contributed by atoms with E-state index in [4.69, 9.17) is 4.74 Å². The van der Waals surface area contributed by atoms with Gasteiger partial charge in [-0.15, -0.1) is 0 Å². The molecule has 7 nitrogen and oxygen atoms in total. The Morgan fingerprint density at radius 2 is 1.61 bits per heavy atom. The van der Waals surface area contributed by atoms with Crippen molar-refractivity contribution in [3.63, 3.8) is 0 Å². The number of carbonyl (C=O) groups is 2. The number of rotatable bonds is 5. The van der Waals surface area contributed by atoms with Gasteiger partial charge in [-0.05, 0) is 74.6 Å². The molecule has 1 saturated heterocycles. The zero-order chi connectivity index (χ0) is 22.8. The fraction of sp³-hybridized carbons (Fsp3) is 0.391. The molecule has 2 aromatic carbocycles. The number of aryl methyl sites for hydroxylation is 3. The highest BCUT2D eigenvalue weighted by Gasteiger charge is 2.29. The number of esters is 1. The monoisotopic (exact) mass is 444 g/mol. The summed E-state index contributed by atoms with van der Waals surface area (Å²) in [6.07, 6.45) is 1.06. The zero-order valence-corrected chi connectivity index (χ0v) is 19.1. The second kappa shape index (κ2) is 9.09. The van der Waals surface area contributed by atoms with Crippen molar-refractivity contribution in [2.45, 2.75) is 38.5 Å². The molecule has 1 aliphatic rings. The van der Waals surface area contributed by atoms with Crippen molar-refractivity contribution in [1.29, 1.82) is 0 Å². The second-order valence-electron chi connectivity index (χ2n) is 7.97. The third-order valence-corrected chi connectivity index (χ3v) is 7.32. The summed E-state index contributed by atoms with van der Waals surface area (Å²) in [5, 5.41) is 0. The topological polar surface area (TPSA) is 92.8 Å². The lowest BCUT2D eigenvalue weighted by atomic mass is 9.96. The average molecular weight is 445 g/mol. The molecule has 0 bridgehead atoms. The summed E-state index contributed by atoms with van der Waals surface area (Å²) in [6, 6.07) is 10.1. The van der Waals surface area contributed by atoms with E-state index in [1.165, 1.54) is 13.2 Å². The Morgan fingerprint density at radius 3 is 2.23 bits per heavy atom. The maximum atomic E-state index is 13.0. The van der Waals surface area contributed by atoms with Crippen LogP contribution < -0.4 is 4.72 Å². The van der Waals surface area contributed by atoms with E-state index >= 15 is 0 Å². The number of piperidine rings is 1. The van der Waals surface area contributed by atoms with Gasteiger partial charge >= 0.3 is 5.97 Å². The Morgan fingerprint density at radius 1 is 0.968 bits per heavy atom. The molecule has 166 valence electrons. The highest BCUT2D eigenvalue weighted by Crippen LogP contribution is 2.25. The Balaban J connectivity index is 1.80. The maximum absolute atomic E-state index is 13.0. The minimum atomic E-state index is -3.87. The standard InChI is InChI=1S/C23H28N2O5S/c1-15-6-8-20(13-17(15)3)24-31(28,29)21-14-19(7-5-16(21)2)22(26)25-11-9-18(10-12-25)23(27)30-4/h5-8,13-14,18,24H,9-12H2,1-4H3. The minimum Gasteiger partial charge on any atom is -0.469 e. The Labute approximate surface area is 183 Å². The third-order valence-electron chi connectivity index (χ3n) is 5.80. The number of nitrogens with zero attached hydrogens (tertiary/aromatic N) is 1. The van der Waals surface area contributed by atoms with Crippen LogP contribution in [0.25, 0.3) is 0 Å². The van der Waals surface area contributed by atoms with Crippen LogP contribution in [-0.2, 0) is 19.6 Å². The van der Waals surface area contributed by atoms with Crippen molar-refractivity contribution >= 4 is 27.6 Å². The lowest BCUT2D eigenvalue weighted by molar-refractivity contribution is -0.146. The number of nitrogens with one attached hydrogen (secondary N) is 1. The van der Waals surface area contributed by atoms with Gasteiger partial charge in [0.2, 0.25) is 0 Å². The summed E-state index contributed by atoms with van der Waals surface area (Å²) >= 11 is 0. The van der Waals surface area contributed by atoms with Gasteiger partial charge in [-0.3, -0.25) is 14.3 Å². The van der Waals surface area contributed by atoms with Gasteiger partial charge in [-0.1, -0.05) is 12.1 Å². The van der Waals surface area contributed by atoms with Crippen LogP contribution >= 0.6 is 0 Å². The molecule has 31 heavy (non-hydrogen) atoms.